The van der Waals surface area contributed by atoms with Crippen molar-refractivity contribution in [1.82, 2.24) is 5.32 Å². The zero-order valence-electron chi connectivity index (χ0n) is 9.86. The number of piperidine rings is 1. The topological polar surface area (TPSA) is 41.5 Å². The summed E-state index contributed by atoms with van der Waals surface area (Å²) in [6.07, 6.45) is 3.52. The minimum absolute atomic E-state index is 0.273. The Morgan fingerprint density at radius 3 is 2.81 bits per heavy atom. The van der Waals surface area contributed by atoms with E-state index in [1.165, 1.54) is 12.8 Å². The molecule has 3 nitrogen and oxygen atoms in total. The van der Waals surface area contributed by atoms with Crippen molar-refractivity contribution in [3.05, 3.63) is 23.8 Å². The molecule has 1 saturated heterocycles. The third-order valence-electron chi connectivity index (χ3n) is 3.23. The average molecular weight is 221 g/mol. The first kappa shape index (κ1) is 11.3. The Labute approximate surface area is 96.4 Å². The maximum absolute atomic E-state index is 9.94. The van der Waals surface area contributed by atoms with Crippen LogP contribution in [0.3, 0.4) is 0 Å². The van der Waals surface area contributed by atoms with Crippen LogP contribution in [0.15, 0.2) is 18.2 Å². The second-order valence-electron chi connectivity index (χ2n) is 4.48. The smallest absolute Gasteiger partial charge is 0.124 e. The number of methoxy groups -OCH3 is 1. The molecule has 1 aromatic rings. The summed E-state index contributed by atoms with van der Waals surface area (Å²) in [6.45, 7) is 2.19. The standard InChI is InChI=1S/C13H19NO2/c1-9-4-3-5-12(14-9)11-7-6-10(16-2)8-13(11)15/h6-9,12,14-15H,3-5H2,1-2H3/t9-,12-/m1/s1. The molecule has 0 saturated carbocycles. The van der Waals surface area contributed by atoms with Crippen LogP contribution in [-0.2, 0) is 0 Å². The van der Waals surface area contributed by atoms with E-state index in [9.17, 15) is 5.11 Å². The van der Waals surface area contributed by atoms with E-state index in [1.54, 1.807) is 13.2 Å². The first-order valence-corrected chi connectivity index (χ1v) is 5.83. The fraction of sp³-hybridized carbons (Fsp3) is 0.538. The van der Waals surface area contributed by atoms with Crippen LogP contribution in [0.4, 0.5) is 0 Å². The molecule has 16 heavy (non-hydrogen) atoms. The molecule has 1 aromatic carbocycles. The summed E-state index contributed by atoms with van der Waals surface area (Å²) < 4.78 is 5.08. The van der Waals surface area contributed by atoms with Crippen LogP contribution in [0.25, 0.3) is 0 Å². The van der Waals surface area contributed by atoms with Crippen molar-refractivity contribution in [3.8, 4) is 11.5 Å². The Hall–Kier alpha value is -1.22. The quantitative estimate of drug-likeness (QED) is 0.806. The number of hydrogen-bond donors (Lipinski definition) is 2. The van der Waals surface area contributed by atoms with Crippen molar-refractivity contribution in [2.45, 2.75) is 38.3 Å². The lowest BCUT2D eigenvalue weighted by atomic mass is 9.93. The SMILES string of the molecule is COc1ccc([C@H]2CCC[C@@H](C)N2)c(O)c1. The molecule has 0 aromatic heterocycles. The third-order valence-corrected chi connectivity index (χ3v) is 3.23. The minimum Gasteiger partial charge on any atom is -0.507 e. The number of rotatable bonds is 2. The van der Waals surface area contributed by atoms with Gasteiger partial charge >= 0.3 is 0 Å². The van der Waals surface area contributed by atoms with Gasteiger partial charge in [-0.25, -0.2) is 0 Å². The van der Waals surface area contributed by atoms with Crippen LogP contribution in [0, 0.1) is 0 Å². The number of phenolic OH excluding ortho intramolecular Hbond substituents is 1. The molecule has 0 bridgehead atoms. The molecule has 2 atom stereocenters. The zero-order chi connectivity index (χ0) is 11.5. The largest absolute Gasteiger partial charge is 0.507 e. The Morgan fingerprint density at radius 2 is 2.19 bits per heavy atom. The number of phenols is 1. The van der Waals surface area contributed by atoms with Crippen LogP contribution >= 0.6 is 0 Å². The summed E-state index contributed by atoms with van der Waals surface area (Å²) in [6, 6.07) is 6.32. The molecule has 0 radical (unpaired) electrons. The number of ether oxygens (including phenoxy) is 1. The van der Waals surface area contributed by atoms with E-state index in [0.29, 0.717) is 17.5 Å². The van der Waals surface area contributed by atoms with Gasteiger partial charge in [0.05, 0.1) is 7.11 Å². The van der Waals surface area contributed by atoms with Gasteiger partial charge in [0, 0.05) is 23.7 Å². The van der Waals surface area contributed by atoms with Gasteiger partial charge in [-0.05, 0) is 25.8 Å². The van der Waals surface area contributed by atoms with Gasteiger partial charge in [0.2, 0.25) is 0 Å². The maximum Gasteiger partial charge on any atom is 0.124 e. The second-order valence-corrected chi connectivity index (χ2v) is 4.48. The molecular weight excluding hydrogens is 202 g/mol. The van der Waals surface area contributed by atoms with Gasteiger partial charge in [-0.15, -0.1) is 0 Å². The monoisotopic (exact) mass is 221 g/mol. The molecular formula is C13H19NO2. The molecule has 88 valence electrons. The lowest BCUT2D eigenvalue weighted by Gasteiger charge is -2.29. The summed E-state index contributed by atoms with van der Waals surface area (Å²) >= 11 is 0. The molecule has 1 heterocycles. The van der Waals surface area contributed by atoms with Gasteiger partial charge in [0.15, 0.2) is 0 Å². The maximum atomic E-state index is 9.94. The summed E-state index contributed by atoms with van der Waals surface area (Å²) in [5, 5.41) is 13.5. The van der Waals surface area contributed by atoms with E-state index in [1.807, 2.05) is 12.1 Å². The molecule has 0 unspecified atom stereocenters. The molecule has 1 aliphatic rings. The van der Waals surface area contributed by atoms with E-state index in [2.05, 4.69) is 12.2 Å². The molecule has 2 rings (SSSR count). The van der Waals surface area contributed by atoms with Crippen LogP contribution in [-0.4, -0.2) is 18.3 Å². The molecule has 1 aliphatic heterocycles. The highest BCUT2D eigenvalue weighted by Crippen LogP contribution is 2.33. The Bertz CT molecular complexity index is 365. The van der Waals surface area contributed by atoms with Crippen molar-refractivity contribution < 1.29 is 9.84 Å². The predicted octanol–water partition coefficient (Wildman–Crippen LogP) is 2.60. The van der Waals surface area contributed by atoms with E-state index < -0.39 is 0 Å². The van der Waals surface area contributed by atoms with Gasteiger partial charge in [-0.3, -0.25) is 0 Å². The zero-order valence-corrected chi connectivity index (χ0v) is 9.86. The van der Waals surface area contributed by atoms with Gasteiger partial charge in [0.25, 0.3) is 0 Å². The van der Waals surface area contributed by atoms with Crippen molar-refractivity contribution in [3.63, 3.8) is 0 Å². The second kappa shape index (κ2) is 4.74. The van der Waals surface area contributed by atoms with Crippen LogP contribution in [0.5, 0.6) is 11.5 Å². The fourth-order valence-electron chi connectivity index (χ4n) is 2.33. The van der Waals surface area contributed by atoms with E-state index in [4.69, 9.17) is 4.74 Å². The highest BCUT2D eigenvalue weighted by atomic mass is 16.5. The molecule has 1 fully saturated rings. The summed E-state index contributed by atoms with van der Waals surface area (Å²) in [5.74, 6) is 1.02. The van der Waals surface area contributed by atoms with E-state index >= 15 is 0 Å². The van der Waals surface area contributed by atoms with Gasteiger partial charge in [0.1, 0.15) is 11.5 Å². The van der Waals surface area contributed by atoms with Crippen molar-refractivity contribution in [1.29, 1.82) is 0 Å². The molecule has 3 heteroatoms. The molecule has 0 aliphatic carbocycles. The normalized spacial score (nSPS) is 25.4. The summed E-state index contributed by atoms with van der Waals surface area (Å²) in [7, 11) is 1.61. The average Bonchev–Trinajstić information content (AvgIpc) is 2.28. The lowest BCUT2D eigenvalue weighted by Crippen LogP contribution is -2.34. The first-order chi connectivity index (χ1) is 7.70. The van der Waals surface area contributed by atoms with Gasteiger partial charge in [-0.2, -0.15) is 0 Å². The Kier molecular flexibility index (Phi) is 3.34. The number of aromatic hydroxyl groups is 1. The highest BCUT2D eigenvalue weighted by Gasteiger charge is 2.21. The number of hydrogen-bond acceptors (Lipinski definition) is 3. The van der Waals surface area contributed by atoms with Gasteiger partial charge < -0.3 is 15.2 Å². The number of nitrogens with one attached hydrogen (secondary N) is 1. The lowest BCUT2D eigenvalue weighted by molar-refractivity contribution is 0.331. The number of benzene rings is 1. The minimum atomic E-state index is 0.273. The van der Waals surface area contributed by atoms with Crippen molar-refractivity contribution in [2.75, 3.05) is 7.11 Å². The fourth-order valence-corrected chi connectivity index (χ4v) is 2.33. The molecule has 2 N–H and O–H groups in total. The van der Waals surface area contributed by atoms with E-state index in [0.717, 1.165) is 12.0 Å². The van der Waals surface area contributed by atoms with Crippen LogP contribution < -0.4 is 10.1 Å². The third kappa shape index (κ3) is 2.30. The molecule has 0 amide bonds. The predicted molar refractivity (Wildman–Crippen MR) is 63.8 cm³/mol. The van der Waals surface area contributed by atoms with E-state index in [-0.39, 0.29) is 6.04 Å². The van der Waals surface area contributed by atoms with Crippen LogP contribution in [0.1, 0.15) is 37.8 Å². The highest BCUT2D eigenvalue weighted by molar-refractivity contribution is 5.41. The summed E-state index contributed by atoms with van der Waals surface area (Å²) in [4.78, 5) is 0. The summed E-state index contributed by atoms with van der Waals surface area (Å²) in [5.41, 5.74) is 0.979. The Balaban J connectivity index is 2.19. The van der Waals surface area contributed by atoms with Crippen molar-refractivity contribution in [2.24, 2.45) is 0 Å². The molecule has 0 spiro atoms. The Morgan fingerprint density at radius 1 is 1.38 bits per heavy atom. The van der Waals surface area contributed by atoms with Crippen molar-refractivity contribution >= 4 is 0 Å². The van der Waals surface area contributed by atoms with Gasteiger partial charge in [-0.1, -0.05) is 12.5 Å². The first-order valence-electron chi connectivity index (χ1n) is 5.83. The van der Waals surface area contributed by atoms with Crippen LogP contribution in [0.2, 0.25) is 0 Å².